The molecule has 22 heteroatoms. The molecule has 0 bridgehead atoms. The molecule has 4 aromatic heterocycles. The van der Waals surface area contributed by atoms with E-state index in [1.807, 2.05) is 57.7 Å². The van der Waals surface area contributed by atoms with Gasteiger partial charge in [-0.05, 0) is 137 Å². The summed E-state index contributed by atoms with van der Waals surface area (Å²) in [6, 6.07) is 37.2. The first-order valence-electron chi connectivity index (χ1n) is 24.0. The number of aromatic amines is 1. The number of aliphatic hydroxyl groups excluding tert-OH is 1. The average molecular weight is 1210 g/mol. The third kappa shape index (κ3) is 21.3. The van der Waals surface area contributed by atoms with Crippen molar-refractivity contribution in [2.24, 2.45) is 0 Å². The van der Waals surface area contributed by atoms with E-state index < -0.39 is 5.97 Å². The number of alkyl halides is 1. The number of carbonyl (C=O) groups is 3. The van der Waals surface area contributed by atoms with E-state index >= 15 is 0 Å². The number of carboxylic acids is 1. The summed E-state index contributed by atoms with van der Waals surface area (Å²) in [5.41, 5.74) is 5.73. The molecule has 4 heterocycles. The molecule has 79 heavy (non-hydrogen) atoms. The van der Waals surface area contributed by atoms with Crippen LogP contribution in [-0.4, -0.2) is 70.8 Å². The van der Waals surface area contributed by atoms with Crippen LogP contribution < -0.4 is 18.9 Å². The van der Waals surface area contributed by atoms with E-state index in [-0.39, 0.29) is 56.0 Å². The molecule has 0 radical (unpaired) electrons. The Kier molecular flexibility index (Phi) is 33.4. The van der Waals surface area contributed by atoms with Gasteiger partial charge in [0.05, 0.1) is 44.1 Å². The number of aromatic nitrogens is 4. The zero-order chi connectivity index (χ0) is 55.6. The third-order valence-corrected chi connectivity index (χ3v) is 12.6. The fourth-order valence-corrected chi connectivity index (χ4v) is 8.73. The molecular weight excluding hydrogens is 1150 g/mol. The predicted octanol–water partition coefficient (Wildman–Crippen LogP) is 12.3. The minimum atomic E-state index is -0.973. The molecule has 0 aliphatic rings. The van der Waals surface area contributed by atoms with Crippen molar-refractivity contribution in [3.8, 4) is 24.3 Å². The monoisotopic (exact) mass is 1210 g/mol. The first-order valence-corrected chi connectivity index (χ1v) is 26.7. The van der Waals surface area contributed by atoms with Gasteiger partial charge in [-0.3, -0.25) is 0 Å². The number of hydrogen-bond donors (Lipinski definition) is 3. The molecule has 0 aliphatic heterocycles. The molecule has 0 amide bonds. The molecule has 0 atom stereocenters. The minimum Gasteiger partial charge on any atom is -0.870 e. The van der Waals surface area contributed by atoms with Crippen LogP contribution in [0.1, 0.15) is 110 Å². The quantitative estimate of drug-likeness (QED) is 0.0332. The number of hydrogen-bond acceptors (Lipinski definition) is 11. The summed E-state index contributed by atoms with van der Waals surface area (Å²) < 4.78 is 15.6. The number of nitriles is 4. The number of esters is 2. The molecule has 4 aromatic carbocycles. The van der Waals surface area contributed by atoms with Gasteiger partial charge < -0.3 is 43.8 Å². The van der Waals surface area contributed by atoms with Crippen LogP contribution >= 0.6 is 62.3 Å². The van der Waals surface area contributed by atoms with Crippen molar-refractivity contribution < 1.29 is 58.4 Å². The number of ether oxygens (including phenoxy) is 2. The van der Waals surface area contributed by atoms with Crippen molar-refractivity contribution in [3.63, 3.8) is 0 Å². The summed E-state index contributed by atoms with van der Waals surface area (Å²) >= 11 is 26.8. The maximum atomic E-state index is 12.0. The molecule has 8 rings (SSSR count). The van der Waals surface area contributed by atoms with Crippen LogP contribution in [0, 0.1) is 45.3 Å². The number of benzene rings is 4. The molecular formula is C57H60BrCl4LiN8O8. The van der Waals surface area contributed by atoms with Crippen LogP contribution in [0.15, 0.2) is 97.1 Å². The van der Waals surface area contributed by atoms with Crippen molar-refractivity contribution >= 4 is 124 Å². The van der Waals surface area contributed by atoms with E-state index in [0.717, 1.165) is 74.0 Å². The van der Waals surface area contributed by atoms with E-state index in [2.05, 4.69) is 39.1 Å². The molecule has 0 saturated carbocycles. The second kappa shape index (κ2) is 37.4. The predicted molar refractivity (Wildman–Crippen MR) is 311 cm³/mol. The summed E-state index contributed by atoms with van der Waals surface area (Å²) in [6.07, 6.45) is 5.14. The van der Waals surface area contributed by atoms with Crippen molar-refractivity contribution in [1.29, 1.82) is 21.0 Å². The number of carboxylic acid groups (broad SMARTS) is 1. The molecule has 0 aliphatic carbocycles. The first-order chi connectivity index (χ1) is 36.7. The molecule has 16 nitrogen and oxygen atoms in total. The summed E-state index contributed by atoms with van der Waals surface area (Å²) in [5.74, 6) is -1.67. The molecule has 4 N–H and O–H groups in total. The van der Waals surface area contributed by atoms with E-state index in [1.165, 1.54) is 0 Å². The van der Waals surface area contributed by atoms with Gasteiger partial charge in [0.1, 0.15) is 17.1 Å². The van der Waals surface area contributed by atoms with Crippen LogP contribution in [0.4, 0.5) is 0 Å². The van der Waals surface area contributed by atoms with Gasteiger partial charge in [-0.15, -0.1) is 0 Å². The van der Waals surface area contributed by atoms with Gasteiger partial charge in [-0.1, -0.05) is 69.8 Å². The van der Waals surface area contributed by atoms with Gasteiger partial charge in [0.15, 0.2) is 0 Å². The Hall–Kier alpha value is -6.43. The van der Waals surface area contributed by atoms with Gasteiger partial charge in [-0.25, -0.2) is 14.4 Å². The van der Waals surface area contributed by atoms with Crippen LogP contribution in [-0.2, 0) is 35.7 Å². The van der Waals surface area contributed by atoms with Crippen LogP contribution in [0.3, 0.4) is 0 Å². The van der Waals surface area contributed by atoms with Crippen molar-refractivity contribution in [2.75, 3.05) is 18.5 Å². The van der Waals surface area contributed by atoms with Gasteiger partial charge in [0, 0.05) is 120 Å². The van der Waals surface area contributed by atoms with Crippen molar-refractivity contribution in [3.05, 3.63) is 140 Å². The van der Waals surface area contributed by atoms with Crippen LogP contribution in [0.2, 0.25) is 20.1 Å². The van der Waals surface area contributed by atoms with E-state index in [1.54, 1.807) is 73.0 Å². The Morgan fingerprint density at radius 3 is 1.39 bits per heavy atom. The standard InChI is InChI=1S/C15H15ClN2O2.C13H11ClN2O2.C13H13ClN2O.C11H10ClNO2.C4H6BrN.CH4.Li.H2O/c1-2-20-15(19)14-10-11-9-12(16)5-6-13(11)18(14)8-4-3-7-17;14-10-3-4-11-9(7-10)8-12(13(17)18)16(11)6-2-1-5-15;14-11-3-4-13-10(7-11)8-12(9-17)16(13)6-2-1-5-15;1-2-15-11(14)10-6-7-5-8(12)3-4-9(7)13-10;5-3-1-2-4-6;;;/h5-6,9-10H,2-4,8H2,1H3;3-4,7-8H,1-2,6H2,(H,17,18);3-4,7-8,17H,1-2,6,9H2;3-6,13H,2H2,1H3;1-3H2;1H4;;1H2/q;;;;;;+1;/p-1. The smallest absolute Gasteiger partial charge is 0.870 e. The Morgan fingerprint density at radius 1 is 0.570 bits per heavy atom. The first kappa shape index (κ1) is 70.6. The summed E-state index contributed by atoms with van der Waals surface area (Å²) in [4.78, 5) is 37.6. The van der Waals surface area contributed by atoms with E-state index in [9.17, 15) is 24.6 Å². The second-order valence-corrected chi connectivity index (χ2v) is 18.9. The number of fused-ring (bicyclic) bond motifs is 4. The number of unbranched alkanes of at least 4 members (excludes halogenated alkanes) is 4. The summed E-state index contributed by atoms with van der Waals surface area (Å²) in [5, 5.41) is 59.3. The van der Waals surface area contributed by atoms with Crippen molar-refractivity contribution in [2.45, 2.75) is 98.9 Å². The molecule has 0 fully saturated rings. The van der Waals surface area contributed by atoms with Gasteiger partial charge in [-0.2, -0.15) is 21.0 Å². The SMILES string of the molecule is C.CCOC(=O)c1cc2cc(Cl)ccc2[nH]1.CCOC(=O)c1cc2cc(Cl)ccc2n1CCCC#N.N#CCCCBr.N#CCCCn1c(C(=O)O)cc2cc(Cl)ccc21.N#CCCCn1c(CO)cc2cc(Cl)ccc21.[Li+].[OH-]. The van der Waals surface area contributed by atoms with Gasteiger partial charge in [0.2, 0.25) is 0 Å². The molecule has 0 unspecified atom stereocenters. The summed E-state index contributed by atoms with van der Waals surface area (Å²) in [6.45, 7) is 6.11. The minimum absolute atomic E-state index is 0. The maximum absolute atomic E-state index is 12.0. The number of aromatic carboxylic acids is 1. The van der Waals surface area contributed by atoms with Crippen molar-refractivity contribution in [1.82, 2.24) is 18.7 Å². The fourth-order valence-electron chi connectivity index (χ4n) is 7.73. The second-order valence-electron chi connectivity index (χ2n) is 16.3. The van der Waals surface area contributed by atoms with Gasteiger partial charge >= 0.3 is 36.8 Å². The molecule has 0 spiro atoms. The number of halogens is 5. The number of aryl methyl sites for hydroxylation is 3. The van der Waals surface area contributed by atoms with Crippen LogP contribution in [0.5, 0.6) is 0 Å². The Labute approximate surface area is 500 Å². The number of nitrogens with zero attached hydrogens (tertiary/aromatic N) is 7. The number of rotatable bonds is 17. The van der Waals surface area contributed by atoms with Gasteiger partial charge in [0.25, 0.3) is 0 Å². The zero-order valence-corrected chi connectivity index (χ0v) is 47.9. The maximum Gasteiger partial charge on any atom is 1.00 e. The van der Waals surface area contributed by atoms with E-state index in [0.29, 0.717) is 96.3 Å². The summed E-state index contributed by atoms with van der Waals surface area (Å²) in [7, 11) is 0. The van der Waals surface area contributed by atoms with Crippen LogP contribution in [0.25, 0.3) is 43.6 Å². The Morgan fingerprint density at radius 2 is 0.962 bits per heavy atom. The molecule has 8 aromatic rings. The molecule has 412 valence electrons. The number of aliphatic hydroxyl groups is 1. The Balaban J connectivity index is 0.000000504. The average Bonchev–Trinajstić information content (AvgIpc) is 4.22. The number of H-pyrrole nitrogens is 1. The number of carbonyl (C=O) groups excluding carboxylic acids is 2. The Bertz CT molecular complexity index is 3420. The fraction of sp³-hybridized carbons (Fsp3) is 0.316. The zero-order valence-electron chi connectivity index (χ0n) is 43.2. The largest absolute Gasteiger partial charge is 1.00 e. The van der Waals surface area contributed by atoms with E-state index in [4.69, 9.17) is 76.9 Å². The normalized spacial score (nSPS) is 9.87. The number of nitrogens with one attached hydrogen (secondary N) is 1. The molecule has 0 saturated heterocycles. The third-order valence-electron chi connectivity index (χ3n) is 11.1. The topological polar surface area (TPSA) is 266 Å².